The molecule has 152 valence electrons. The summed E-state index contributed by atoms with van der Waals surface area (Å²) >= 11 is 1.33. The first-order valence-corrected chi connectivity index (χ1v) is 10.4. The summed E-state index contributed by atoms with van der Waals surface area (Å²) in [5, 5.41) is 4.68. The number of H-pyrrole nitrogens is 1. The average molecular weight is 413 g/mol. The number of carbonyl (C=O) groups excluding carboxylic acids is 2. The number of likely N-dealkylation sites (N-methyl/N-ethyl adjacent to an activating group) is 1. The van der Waals surface area contributed by atoms with Crippen molar-refractivity contribution in [1.29, 1.82) is 0 Å². The van der Waals surface area contributed by atoms with Crippen LogP contribution in [0.5, 0.6) is 0 Å². The first kappa shape index (κ1) is 20.7. The number of hydrogen-bond acceptors (Lipinski definition) is 5. The SMILES string of the molecule is CCC(C)C(NC(=O)c1ccccc1)C(=O)N(C)Cc1nc2ccsc2c(=O)[nH]1. The molecule has 0 radical (unpaired) electrons. The molecule has 2 unspecified atom stereocenters. The molecule has 7 nitrogen and oxygen atoms in total. The van der Waals surface area contributed by atoms with Crippen molar-refractivity contribution in [3.8, 4) is 0 Å². The zero-order chi connectivity index (χ0) is 21.0. The third-order valence-electron chi connectivity index (χ3n) is 4.93. The van der Waals surface area contributed by atoms with Gasteiger partial charge >= 0.3 is 0 Å². The summed E-state index contributed by atoms with van der Waals surface area (Å²) in [4.78, 5) is 46.5. The van der Waals surface area contributed by atoms with Crippen molar-refractivity contribution < 1.29 is 9.59 Å². The molecule has 2 aromatic heterocycles. The lowest BCUT2D eigenvalue weighted by atomic mass is 9.97. The van der Waals surface area contributed by atoms with E-state index in [0.29, 0.717) is 21.6 Å². The maximum absolute atomic E-state index is 13.1. The number of amides is 2. The van der Waals surface area contributed by atoms with Crippen LogP contribution in [0.15, 0.2) is 46.6 Å². The molecule has 3 rings (SSSR count). The summed E-state index contributed by atoms with van der Waals surface area (Å²) in [5.74, 6) is -0.154. The van der Waals surface area contributed by atoms with Crippen LogP contribution < -0.4 is 10.9 Å². The normalized spacial score (nSPS) is 13.1. The first-order chi connectivity index (χ1) is 13.9. The van der Waals surface area contributed by atoms with Gasteiger partial charge in [0.15, 0.2) is 0 Å². The third-order valence-corrected chi connectivity index (χ3v) is 5.83. The van der Waals surface area contributed by atoms with Gasteiger partial charge < -0.3 is 15.2 Å². The largest absolute Gasteiger partial charge is 0.340 e. The highest BCUT2D eigenvalue weighted by molar-refractivity contribution is 7.17. The zero-order valence-corrected chi connectivity index (χ0v) is 17.5. The molecule has 0 fully saturated rings. The fourth-order valence-electron chi connectivity index (χ4n) is 3.03. The van der Waals surface area contributed by atoms with Gasteiger partial charge in [0.1, 0.15) is 16.6 Å². The number of aromatic amines is 1. The molecule has 1 aromatic carbocycles. The lowest BCUT2D eigenvalue weighted by Gasteiger charge is -2.28. The number of hydrogen-bond donors (Lipinski definition) is 2. The van der Waals surface area contributed by atoms with Crippen molar-refractivity contribution in [2.75, 3.05) is 7.05 Å². The predicted molar refractivity (Wildman–Crippen MR) is 114 cm³/mol. The predicted octanol–water partition coefficient (Wildman–Crippen LogP) is 2.79. The molecule has 3 aromatic rings. The average Bonchev–Trinajstić information content (AvgIpc) is 3.20. The van der Waals surface area contributed by atoms with Gasteiger partial charge in [-0.2, -0.15) is 0 Å². The first-order valence-electron chi connectivity index (χ1n) is 9.48. The Labute approximate surface area is 172 Å². The second kappa shape index (κ2) is 9.00. The van der Waals surface area contributed by atoms with Crippen LogP contribution in [0.2, 0.25) is 0 Å². The van der Waals surface area contributed by atoms with Crippen molar-refractivity contribution in [2.45, 2.75) is 32.9 Å². The molecule has 0 spiro atoms. The number of nitrogens with zero attached hydrogens (tertiary/aromatic N) is 2. The molecule has 0 aliphatic rings. The Morgan fingerprint density at radius 3 is 2.66 bits per heavy atom. The molecule has 0 bridgehead atoms. The third kappa shape index (κ3) is 4.71. The van der Waals surface area contributed by atoms with E-state index in [1.165, 1.54) is 16.2 Å². The lowest BCUT2D eigenvalue weighted by Crippen LogP contribution is -2.50. The molecule has 0 aliphatic carbocycles. The van der Waals surface area contributed by atoms with Crippen molar-refractivity contribution >= 4 is 33.4 Å². The van der Waals surface area contributed by atoms with Crippen LogP contribution in [-0.4, -0.2) is 39.8 Å². The van der Waals surface area contributed by atoms with Gasteiger partial charge in [-0.1, -0.05) is 38.5 Å². The summed E-state index contributed by atoms with van der Waals surface area (Å²) < 4.78 is 0.565. The van der Waals surface area contributed by atoms with E-state index in [0.717, 1.165) is 6.42 Å². The van der Waals surface area contributed by atoms with E-state index < -0.39 is 6.04 Å². The van der Waals surface area contributed by atoms with Gasteiger partial charge in [-0.3, -0.25) is 14.4 Å². The number of fused-ring (bicyclic) bond motifs is 1. The number of aromatic nitrogens is 2. The van der Waals surface area contributed by atoms with E-state index in [9.17, 15) is 14.4 Å². The van der Waals surface area contributed by atoms with Crippen LogP contribution in [0.3, 0.4) is 0 Å². The molecule has 0 aliphatic heterocycles. The minimum absolute atomic E-state index is 0.0519. The number of benzene rings is 1. The molecule has 2 heterocycles. The number of rotatable bonds is 7. The fourth-order valence-corrected chi connectivity index (χ4v) is 3.76. The molecule has 0 saturated carbocycles. The number of thiophene rings is 1. The highest BCUT2D eigenvalue weighted by Crippen LogP contribution is 2.15. The minimum atomic E-state index is -0.672. The highest BCUT2D eigenvalue weighted by Gasteiger charge is 2.29. The van der Waals surface area contributed by atoms with E-state index in [1.807, 2.05) is 25.3 Å². The Balaban J connectivity index is 1.77. The second-order valence-corrected chi connectivity index (χ2v) is 7.96. The molecule has 29 heavy (non-hydrogen) atoms. The molecule has 2 amide bonds. The van der Waals surface area contributed by atoms with Gasteiger partial charge in [-0.15, -0.1) is 11.3 Å². The van der Waals surface area contributed by atoms with Crippen LogP contribution in [0.25, 0.3) is 10.2 Å². The Kier molecular flexibility index (Phi) is 6.43. The summed E-state index contributed by atoms with van der Waals surface area (Å²) in [6, 6.07) is 9.93. The van der Waals surface area contributed by atoms with Gasteiger partial charge in [0, 0.05) is 12.6 Å². The molecule has 2 atom stereocenters. The van der Waals surface area contributed by atoms with Crippen LogP contribution >= 0.6 is 11.3 Å². The number of carbonyl (C=O) groups is 2. The standard InChI is InChI=1S/C21H24N4O3S/c1-4-13(2)17(24-19(26)14-8-6-5-7-9-14)21(28)25(3)12-16-22-15-10-11-29-18(15)20(27)23-16/h5-11,13,17H,4,12H2,1-3H3,(H,24,26)(H,22,23,27). The van der Waals surface area contributed by atoms with Gasteiger partial charge in [0.2, 0.25) is 5.91 Å². The smallest absolute Gasteiger partial charge is 0.268 e. The van der Waals surface area contributed by atoms with Gasteiger partial charge in [0.05, 0.1) is 12.1 Å². The molecule has 8 heteroatoms. The summed E-state index contributed by atoms with van der Waals surface area (Å²) in [7, 11) is 1.64. The Hall–Kier alpha value is -3.00. The molecule has 0 saturated heterocycles. The maximum atomic E-state index is 13.1. The summed E-state index contributed by atoms with van der Waals surface area (Å²) in [6.07, 6.45) is 0.731. The van der Waals surface area contributed by atoms with Crippen LogP contribution in [-0.2, 0) is 11.3 Å². The van der Waals surface area contributed by atoms with E-state index >= 15 is 0 Å². The Morgan fingerprint density at radius 2 is 1.97 bits per heavy atom. The van der Waals surface area contributed by atoms with E-state index in [1.54, 1.807) is 37.4 Å². The van der Waals surface area contributed by atoms with Crippen LogP contribution in [0, 0.1) is 5.92 Å². The van der Waals surface area contributed by atoms with Crippen molar-refractivity contribution in [3.05, 3.63) is 63.5 Å². The van der Waals surface area contributed by atoms with Gasteiger partial charge in [-0.25, -0.2) is 4.98 Å². The quantitative estimate of drug-likeness (QED) is 0.624. The lowest BCUT2D eigenvalue weighted by molar-refractivity contribution is -0.133. The van der Waals surface area contributed by atoms with Crippen LogP contribution in [0.1, 0.15) is 36.5 Å². The Morgan fingerprint density at radius 1 is 1.24 bits per heavy atom. The fraction of sp³-hybridized carbons (Fsp3) is 0.333. The van der Waals surface area contributed by atoms with E-state index in [-0.39, 0.29) is 29.8 Å². The van der Waals surface area contributed by atoms with Crippen molar-refractivity contribution in [3.63, 3.8) is 0 Å². The van der Waals surface area contributed by atoms with Gasteiger partial charge in [-0.05, 0) is 29.5 Å². The minimum Gasteiger partial charge on any atom is -0.340 e. The molecule has 2 N–H and O–H groups in total. The summed E-state index contributed by atoms with van der Waals surface area (Å²) in [6.45, 7) is 4.05. The monoisotopic (exact) mass is 412 g/mol. The molecular weight excluding hydrogens is 388 g/mol. The van der Waals surface area contributed by atoms with E-state index in [2.05, 4.69) is 15.3 Å². The van der Waals surface area contributed by atoms with Crippen LogP contribution in [0.4, 0.5) is 0 Å². The Bertz CT molecular complexity index is 1060. The molecular formula is C21H24N4O3S. The van der Waals surface area contributed by atoms with Crippen molar-refractivity contribution in [1.82, 2.24) is 20.2 Å². The van der Waals surface area contributed by atoms with E-state index in [4.69, 9.17) is 0 Å². The summed E-state index contributed by atoms with van der Waals surface area (Å²) in [5.41, 5.74) is 0.910. The maximum Gasteiger partial charge on any atom is 0.268 e. The second-order valence-electron chi connectivity index (χ2n) is 7.04. The van der Waals surface area contributed by atoms with Crippen molar-refractivity contribution in [2.24, 2.45) is 5.92 Å². The van der Waals surface area contributed by atoms with Gasteiger partial charge in [0.25, 0.3) is 11.5 Å². The zero-order valence-electron chi connectivity index (χ0n) is 16.6. The number of nitrogens with one attached hydrogen (secondary N) is 2. The topological polar surface area (TPSA) is 95.2 Å². The highest BCUT2D eigenvalue weighted by atomic mass is 32.1.